The highest BCUT2D eigenvalue weighted by Crippen LogP contribution is 2.30. The first-order valence-electron chi connectivity index (χ1n) is 9.25. The van der Waals surface area contributed by atoms with Crippen LogP contribution in [0.1, 0.15) is 11.1 Å². The summed E-state index contributed by atoms with van der Waals surface area (Å²) in [4.78, 5) is 12.3. The molecule has 0 fully saturated rings. The molecular weight excluding hydrogens is 390 g/mol. The number of amides is 1. The molecule has 150 valence electrons. The Balaban J connectivity index is 1.31. The number of tetrazole rings is 1. The van der Waals surface area contributed by atoms with Crippen molar-refractivity contribution >= 4 is 17.7 Å². The van der Waals surface area contributed by atoms with Crippen LogP contribution in [0.3, 0.4) is 0 Å². The molecule has 0 saturated carbocycles. The summed E-state index contributed by atoms with van der Waals surface area (Å²) >= 11 is 1.29. The van der Waals surface area contributed by atoms with Crippen molar-refractivity contribution in [2.75, 3.05) is 18.9 Å². The second-order valence-electron chi connectivity index (χ2n) is 6.68. The van der Waals surface area contributed by atoms with Gasteiger partial charge in [-0.2, -0.15) is 4.68 Å². The van der Waals surface area contributed by atoms with Gasteiger partial charge in [-0.25, -0.2) is 0 Å². The average molecular weight is 411 g/mol. The average Bonchev–Trinajstić information content (AvgIpc) is 3.21. The van der Waals surface area contributed by atoms with Gasteiger partial charge in [0.05, 0.1) is 18.0 Å². The number of aromatic nitrogens is 4. The normalized spacial score (nSPS) is 15.2. The number of nitrogens with one attached hydrogen (secondary N) is 1. The first-order chi connectivity index (χ1) is 14.1. The summed E-state index contributed by atoms with van der Waals surface area (Å²) in [5.41, 5.74) is 3.16. The molecule has 1 aliphatic rings. The number of carbonyl (C=O) groups is 1. The van der Waals surface area contributed by atoms with Gasteiger partial charge in [0.1, 0.15) is 12.7 Å². The molecular formula is C20H21N5O3S. The van der Waals surface area contributed by atoms with Gasteiger partial charge in [0.15, 0.2) is 11.5 Å². The van der Waals surface area contributed by atoms with E-state index in [1.807, 2.05) is 56.3 Å². The molecule has 9 heteroatoms. The number of rotatable bonds is 6. The Labute approximate surface area is 172 Å². The topological polar surface area (TPSA) is 91.2 Å². The number of benzene rings is 2. The molecule has 0 aliphatic carbocycles. The van der Waals surface area contributed by atoms with Gasteiger partial charge in [0.2, 0.25) is 11.1 Å². The molecule has 8 nitrogen and oxygen atoms in total. The SMILES string of the molecule is Cc1cccc(-n2nnnc2SCC(=O)NC[C@H]2COc3ccccc3O2)c1C. The van der Waals surface area contributed by atoms with Crippen LogP contribution in [0.25, 0.3) is 5.69 Å². The van der Waals surface area contributed by atoms with Crippen LogP contribution in [0.5, 0.6) is 11.5 Å². The van der Waals surface area contributed by atoms with Crippen LogP contribution in [0.4, 0.5) is 0 Å². The van der Waals surface area contributed by atoms with Gasteiger partial charge < -0.3 is 14.8 Å². The Hall–Kier alpha value is -3.07. The van der Waals surface area contributed by atoms with Gasteiger partial charge >= 0.3 is 0 Å². The molecule has 0 unspecified atom stereocenters. The van der Waals surface area contributed by atoms with Gasteiger partial charge in [0.25, 0.3) is 0 Å². The number of hydrogen-bond acceptors (Lipinski definition) is 7. The zero-order chi connectivity index (χ0) is 20.2. The van der Waals surface area contributed by atoms with Crippen LogP contribution in [-0.2, 0) is 4.79 Å². The van der Waals surface area contributed by atoms with Crippen LogP contribution in [0, 0.1) is 13.8 Å². The fourth-order valence-corrected chi connectivity index (χ4v) is 3.67. The third kappa shape index (κ3) is 4.34. The largest absolute Gasteiger partial charge is 0.486 e. The molecule has 0 saturated heterocycles. The third-order valence-corrected chi connectivity index (χ3v) is 5.59. The zero-order valence-corrected chi connectivity index (χ0v) is 17.0. The molecule has 3 aromatic rings. The van der Waals surface area contributed by atoms with Crippen molar-refractivity contribution in [2.24, 2.45) is 0 Å². The van der Waals surface area contributed by atoms with Crippen LogP contribution in [-0.4, -0.2) is 51.1 Å². The number of hydrogen-bond donors (Lipinski definition) is 1. The molecule has 29 heavy (non-hydrogen) atoms. The van der Waals surface area contributed by atoms with E-state index in [1.165, 1.54) is 11.8 Å². The number of thioether (sulfide) groups is 1. The second-order valence-corrected chi connectivity index (χ2v) is 7.63. The van der Waals surface area contributed by atoms with Gasteiger partial charge in [-0.15, -0.1) is 5.10 Å². The van der Waals surface area contributed by atoms with Crippen molar-refractivity contribution in [3.8, 4) is 17.2 Å². The van der Waals surface area contributed by atoms with E-state index in [0.717, 1.165) is 22.6 Å². The molecule has 0 spiro atoms. The smallest absolute Gasteiger partial charge is 0.230 e. The van der Waals surface area contributed by atoms with Crippen LogP contribution in [0.15, 0.2) is 47.6 Å². The van der Waals surface area contributed by atoms with E-state index in [4.69, 9.17) is 9.47 Å². The molecule has 1 atom stereocenters. The number of aryl methyl sites for hydroxylation is 1. The lowest BCUT2D eigenvalue weighted by atomic mass is 10.1. The first kappa shape index (κ1) is 19.3. The summed E-state index contributed by atoms with van der Waals surface area (Å²) in [6.45, 7) is 4.84. The summed E-state index contributed by atoms with van der Waals surface area (Å²) in [7, 11) is 0. The monoisotopic (exact) mass is 411 g/mol. The lowest BCUT2D eigenvalue weighted by Crippen LogP contribution is -2.41. The van der Waals surface area contributed by atoms with E-state index in [-0.39, 0.29) is 17.8 Å². The minimum absolute atomic E-state index is 0.118. The first-order valence-corrected chi connectivity index (χ1v) is 10.2. The maximum absolute atomic E-state index is 12.3. The summed E-state index contributed by atoms with van der Waals surface area (Å²) in [6, 6.07) is 13.5. The highest BCUT2D eigenvalue weighted by molar-refractivity contribution is 7.99. The fraction of sp³-hybridized carbons (Fsp3) is 0.300. The second kappa shape index (κ2) is 8.52. The summed E-state index contributed by atoms with van der Waals surface area (Å²) in [5, 5.41) is 15.3. The number of carbonyl (C=O) groups excluding carboxylic acids is 1. The number of fused-ring (bicyclic) bond motifs is 1. The van der Waals surface area contributed by atoms with Crippen LogP contribution >= 0.6 is 11.8 Å². The molecule has 4 rings (SSSR count). The minimum Gasteiger partial charge on any atom is -0.486 e. The van der Waals surface area contributed by atoms with Crippen molar-refractivity contribution in [3.05, 3.63) is 53.6 Å². The highest BCUT2D eigenvalue weighted by Gasteiger charge is 2.21. The van der Waals surface area contributed by atoms with E-state index >= 15 is 0 Å². The molecule has 1 aromatic heterocycles. The molecule has 1 N–H and O–H groups in total. The standard InChI is InChI=1S/C20H21N5O3S/c1-13-6-5-7-16(14(13)2)25-20(22-23-24-25)29-12-19(26)21-10-15-11-27-17-8-3-4-9-18(17)28-15/h3-9,15H,10-12H2,1-2H3,(H,21,26)/t15-/m0/s1. The predicted octanol–water partition coefficient (Wildman–Crippen LogP) is 2.33. The minimum atomic E-state index is -0.223. The van der Waals surface area contributed by atoms with E-state index < -0.39 is 0 Å². The lowest BCUT2D eigenvalue weighted by Gasteiger charge is -2.26. The van der Waals surface area contributed by atoms with E-state index in [2.05, 4.69) is 20.8 Å². The fourth-order valence-electron chi connectivity index (χ4n) is 2.96. The van der Waals surface area contributed by atoms with Gasteiger partial charge in [0, 0.05) is 0 Å². The zero-order valence-electron chi connectivity index (χ0n) is 16.2. The van der Waals surface area contributed by atoms with E-state index in [9.17, 15) is 4.79 Å². The van der Waals surface area contributed by atoms with E-state index in [1.54, 1.807) is 4.68 Å². The van der Waals surface area contributed by atoms with Crippen LogP contribution in [0.2, 0.25) is 0 Å². The quantitative estimate of drug-likeness (QED) is 0.623. The Kier molecular flexibility index (Phi) is 5.66. The van der Waals surface area contributed by atoms with E-state index in [0.29, 0.717) is 24.1 Å². The molecule has 0 bridgehead atoms. The Morgan fingerprint density at radius 2 is 2.03 bits per heavy atom. The summed E-state index contributed by atoms with van der Waals surface area (Å²) in [6.07, 6.45) is -0.223. The number of nitrogens with zero attached hydrogens (tertiary/aromatic N) is 4. The third-order valence-electron chi connectivity index (χ3n) is 4.67. The number of para-hydroxylation sites is 2. The molecule has 2 heterocycles. The molecule has 2 aromatic carbocycles. The Bertz CT molecular complexity index is 1020. The highest BCUT2D eigenvalue weighted by atomic mass is 32.2. The van der Waals surface area contributed by atoms with Gasteiger partial charge in [-0.3, -0.25) is 4.79 Å². The summed E-state index contributed by atoms with van der Waals surface area (Å²) < 4.78 is 13.2. The Morgan fingerprint density at radius 3 is 2.90 bits per heavy atom. The van der Waals surface area contributed by atoms with Crippen molar-refractivity contribution in [2.45, 2.75) is 25.1 Å². The Morgan fingerprint density at radius 1 is 1.21 bits per heavy atom. The van der Waals surface area contributed by atoms with Gasteiger partial charge in [-0.05, 0) is 53.6 Å². The maximum Gasteiger partial charge on any atom is 0.230 e. The maximum atomic E-state index is 12.3. The molecule has 1 amide bonds. The molecule has 1 aliphatic heterocycles. The van der Waals surface area contributed by atoms with Crippen molar-refractivity contribution in [3.63, 3.8) is 0 Å². The van der Waals surface area contributed by atoms with Crippen molar-refractivity contribution < 1.29 is 14.3 Å². The van der Waals surface area contributed by atoms with Crippen molar-refractivity contribution in [1.29, 1.82) is 0 Å². The number of ether oxygens (including phenoxy) is 2. The lowest BCUT2D eigenvalue weighted by molar-refractivity contribution is -0.119. The van der Waals surface area contributed by atoms with Crippen LogP contribution < -0.4 is 14.8 Å². The van der Waals surface area contributed by atoms with Gasteiger partial charge in [-0.1, -0.05) is 36.0 Å². The summed E-state index contributed by atoms with van der Waals surface area (Å²) in [5.74, 6) is 1.51. The molecule has 0 radical (unpaired) electrons. The predicted molar refractivity (Wildman–Crippen MR) is 109 cm³/mol. The van der Waals surface area contributed by atoms with Crippen molar-refractivity contribution in [1.82, 2.24) is 25.5 Å².